The molecule has 0 saturated heterocycles. The molecule has 2 rings (SSSR count). The molecule has 0 atom stereocenters. The van der Waals surface area contributed by atoms with Gasteiger partial charge in [-0.25, -0.2) is 0 Å². The summed E-state index contributed by atoms with van der Waals surface area (Å²) in [6.45, 7) is 0.425. The molecule has 1 aromatic carbocycles. The molecule has 2 aromatic rings. The molecule has 0 aliphatic heterocycles. The Morgan fingerprint density at radius 3 is 2.83 bits per heavy atom. The zero-order valence-electron chi connectivity index (χ0n) is 10.4. The summed E-state index contributed by atoms with van der Waals surface area (Å²) in [5.74, 6) is 0.615. The Morgan fingerprint density at radius 1 is 1.39 bits per heavy atom. The Bertz CT molecular complexity index is 549. The number of benzene rings is 1. The third-order valence-electron chi connectivity index (χ3n) is 2.69. The van der Waals surface area contributed by atoms with Crippen LogP contribution in [0.2, 0.25) is 0 Å². The predicted octanol–water partition coefficient (Wildman–Crippen LogP) is 1.36. The van der Waals surface area contributed by atoms with Crippen LogP contribution in [0.3, 0.4) is 0 Å². The lowest BCUT2D eigenvalue weighted by molar-refractivity contribution is 0.0941. The van der Waals surface area contributed by atoms with E-state index < -0.39 is 0 Å². The van der Waals surface area contributed by atoms with E-state index in [1.165, 1.54) is 4.68 Å². The normalized spacial score (nSPS) is 10.1. The second kappa shape index (κ2) is 5.35. The molecular weight excluding hydrogens is 230 g/mol. The van der Waals surface area contributed by atoms with Crippen LogP contribution in [0.4, 0.5) is 0 Å². The van der Waals surface area contributed by atoms with Crippen LogP contribution in [0.5, 0.6) is 5.75 Å². The Balaban J connectivity index is 2.04. The molecule has 0 radical (unpaired) electrons. The monoisotopic (exact) mass is 245 g/mol. The molecule has 1 aromatic heterocycles. The molecule has 0 aliphatic carbocycles. The smallest absolute Gasteiger partial charge is 0.269 e. The largest absolute Gasteiger partial charge is 0.496 e. The van der Waals surface area contributed by atoms with Crippen molar-refractivity contribution < 1.29 is 9.53 Å². The van der Waals surface area contributed by atoms with Crippen LogP contribution in [0.25, 0.3) is 0 Å². The number of carbonyl (C=O) groups is 1. The molecule has 0 fully saturated rings. The summed E-state index contributed by atoms with van der Waals surface area (Å²) in [6.07, 6.45) is 1.60. The second-order valence-corrected chi connectivity index (χ2v) is 3.83. The van der Waals surface area contributed by atoms with Gasteiger partial charge in [-0.15, -0.1) is 0 Å². The Kier molecular flexibility index (Phi) is 3.62. The number of carbonyl (C=O) groups excluding carboxylic acids is 1. The molecule has 5 heteroatoms. The predicted molar refractivity (Wildman–Crippen MR) is 67.4 cm³/mol. The number of ether oxygens (including phenoxy) is 1. The van der Waals surface area contributed by atoms with Crippen molar-refractivity contribution in [2.75, 3.05) is 7.11 Å². The van der Waals surface area contributed by atoms with Gasteiger partial charge in [0.2, 0.25) is 0 Å². The molecule has 94 valence electrons. The average molecular weight is 245 g/mol. The van der Waals surface area contributed by atoms with Gasteiger partial charge in [0.15, 0.2) is 0 Å². The highest BCUT2D eigenvalue weighted by Crippen LogP contribution is 2.16. The molecule has 0 bridgehead atoms. The molecule has 0 spiro atoms. The van der Waals surface area contributed by atoms with E-state index in [-0.39, 0.29) is 5.91 Å². The summed E-state index contributed by atoms with van der Waals surface area (Å²) in [5, 5.41) is 6.79. The van der Waals surface area contributed by atoms with Crippen LogP contribution >= 0.6 is 0 Å². The van der Waals surface area contributed by atoms with E-state index in [9.17, 15) is 4.79 Å². The van der Waals surface area contributed by atoms with E-state index in [0.717, 1.165) is 11.3 Å². The average Bonchev–Trinajstić information content (AvgIpc) is 2.82. The number of hydrogen-bond donors (Lipinski definition) is 1. The van der Waals surface area contributed by atoms with Gasteiger partial charge < -0.3 is 10.1 Å². The van der Waals surface area contributed by atoms with Gasteiger partial charge in [-0.3, -0.25) is 9.48 Å². The first-order valence-electron chi connectivity index (χ1n) is 5.60. The molecule has 0 unspecified atom stereocenters. The SMILES string of the molecule is COc1ccccc1CNC(=O)c1ccnn1C. The molecule has 1 N–H and O–H groups in total. The van der Waals surface area contributed by atoms with Gasteiger partial charge in [0.25, 0.3) is 5.91 Å². The van der Waals surface area contributed by atoms with Crippen molar-refractivity contribution in [2.45, 2.75) is 6.54 Å². The lowest BCUT2D eigenvalue weighted by Crippen LogP contribution is -2.25. The van der Waals surface area contributed by atoms with Gasteiger partial charge in [-0.1, -0.05) is 18.2 Å². The van der Waals surface area contributed by atoms with Crippen molar-refractivity contribution in [1.29, 1.82) is 0 Å². The van der Waals surface area contributed by atoms with Crippen LogP contribution in [-0.4, -0.2) is 22.8 Å². The number of aromatic nitrogens is 2. The van der Waals surface area contributed by atoms with E-state index in [0.29, 0.717) is 12.2 Å². The number of rotatable bonds is 4. The maximum Gasteiger partial charge on any atom is 0.269 e. The molecule has 18 heavy (non-hydrogen) atoms. The minimum Gasteiger partial charge on any atom is -0.496 e. The fraction of sp³-hybridized carbons (Fsp3) is 0.231. The number of methoxy groups -OCH3 is 1. The molecule has 1 amide bonds. The summed E-state index contributed by atoms with van der Waals surface area (Å²) in [4.78, 5) is 11.9. The van der Waals surface area contributed by atoms with Gasteiger partial charge in [-0.2, -0.15) is 5.10 Å². The summed E-state index contributed by atoms with van der Waals surface area (Å²) < 4.78 is 6.76. The van der Waals surface area contributed by atoms with Crippen molar-refractivity contribution in [3.63, 3.8) is 0 Å². The Hall–Kier alpha value is -2.30. The first kappa shape index (κ1) is 12.2. The van der Waals surface area contributed by atoms with Gasteiger partial charge >= 0.3 is 0 Å². The third-order valence-corrected chi connectivity index (χ3v) is 2.69. The summed E-state index contributed by atoms with van der Waals surface area (Å²) in [6, 6.07) is 9.27. The number of amides is 1. The number of para-hydroxylation sites is 1. The Morgan fingerprint density at radius 2 is 2.17 bits per heavy atom. The molecule has 5 nitrogen and oxygen atoms in total. The van der Waals surface area contributed by atoms with Gasteiger partial charge in [0.05, 0.1) is 7.11 Å². The van der Waals surface area contributed by atoms with E-state index in [1.54, 1.807) is 26.4 Å². The molecule has 0 aliphatic rings. The summed E-state index contributed by atoms with van der Waals surface area (Å²) >= 11 is 0. The van der Waals surface area contributed by atoms with Crippen LogP contribution in [0.15, 0.2) is 36.5 Å². The third kappa shape index (κ3) is 2.51. The lowest BCUT2D eigenvalue weighted by atomic mass is 10.2. The minimum absolute atomic E-state index is 0.152. The van der Waals surface area contributed by atoms with E-state index in [2.05, 4.69) is 10.4 Å². The molecular formula is C13H15N3O2. The van der Waals surface area contributed by atoms with Crippen molar-refractivity contribution in [2.24, 2.45) is 7.05 Å². The highest BCUT2D eigenvalue weighted by molar-refractivity contribution is 5.92. The van der Waals surface area contributed by atoms with Crippen molar-refractivity contribution in [1.82, 2.24) is 15.1 Å². The second-order valence-electron chi connectivity index (χ2n) is 3.83. The van der Waals surface area contributed by atoms with Crippen LogP contribution < -0.4 is 10.1 Å². The fourth-order valence-electron chi connectivity index (χ4n) is 1.71. The maximum atomic E-state index is 11.9. The van der Waals surface area contributed by atoms with Gasteiger partial charge in [0.1, 0.15) is 11.4 Å². The lowest BCUT2D eigenvalue weighted by Gasteiger charge is -2.09. The molecule has 0 saturated carbocycles. The quantitative estimate of drug-likeness (QED) is 0.884. The number of nitrogens with zero attached hydrogens (tertiary/aromatic N) is 2. The maximum absolute atomic E-state index is 11.9. The van der Waals surface area contributed by atoms with Gasteiger partial charge in [-0.05, 0) is 12.1 Å². The number of nitrogens with one attached hydrogen (secondary N) is 1. The first-order valence-corrected chi connectivity index (χ1v) is 5.60. The zero-order chi connectivity index (χ0) is 13.0. The summed E-state index contributed by atoms with van der Waals surface area (Å²) in [5.41, 5.74) is 1.47. The van der Waals surface area contributed by atoms with Crippen LogP contribution in [-0.2, 0) is 13.6 Å². The van der Waals surface area contributed by atoms with E-state index in [4.69, 9.17) is 4.74 Å². The standard InChI is InChI=1S/C13H15N3O2/c1-16-11(7-8-15-16)13(17)14-9-10-5-3-4-6-12(10)18-2/h3-8H,9H2,1-2H3,(H,14,17). The first-order chi connectivity index (χ1) is 8.72. The van der Waals surface area contributed by atoms with Crippen LogP contribution in [0, 0.1) is 0 Å². The minimum atomic E-state index is -0.152. The number of hydrogen-bond acceptors (Lipinski definition) is 3. The fourth-order valence-corrected chi connectivity index (χ4v) is 1.71. The van der Waals surface area contributed by atoms with E-state index >= 15 is 0 Å². The zero-order valence-corrected chi connectivity index (χ0v) is 10.4. The Labute approximate surface area is 105 Å². The highest BCUT2D eigenvalue weighted by Gasteiger charge is 2.10. The van der Waals surface area contributed by atoms with Crippen molar-refractivity contribution in [3.05, 3.63) is 47.8 Å². The highest BCUT2D eigenvalue weighted by atomic mass is 16.5. The van der Waals surface area contributed by atoms with Crippen molar-refractivity contribution >= 4 is 5.91 Å². The topological polar surface area (TPSA) is 56.1 Å². The van der Waals surface area contributed by atoms with Crippen LogP contribution in [0.1, 0.15) is 16.1 Å². The number of aryl methyl sites for hydroxylation is 1. The van der Waals surface area contributed by atoms with Gasteiger partial charge in [0, 0.05) is 25.4 Å². The molecule has 1 heterocycles. The summed E-state index contributed by atoms with van der Waals surface area (Å²) in [7, 11) is 3.35. The van der Waals surface area contributed by atoms with Crippen molar-refractivity contribution in [3.8, 4) is 5.75 Å². The van der Waals surface area contributed by atoms with E-state index in [1.807, 2.05) is 24.3 Å².